The van der Waals surface area contributed by atoms with E-state index in [1.165, 1.54) is 12.1 Å². The van der Waals surface area contributed by atoms with E-state index in [1.54, 1.807) is 0 Å². The number of ether oxygens (including phenoxy) is 1. The standard InChI is InChI=1S/C15H14BrClFNO/c1-2-19-9-10-4-3-5-11(6-10)20-15-8-14(18)13(17)7-12(15)16/h3-8,19H,2,9H2,1H3. The molecule has 20 heavy (non-hydrogen) atoms. The third-order valence-corrected chi connectivity index (χ3v) is 3.59. The highest BCUT2D eigenvalue weighted by molar-refractivity contribution is 9.10. The summed E-state index contributed by atoms with van der Waals surface area (Å²) >= 11 is 9.01. The van der Waals surface area contributed by atoms with Gasteiger partial charge in [0.25, 0.3) is 0 Å². The van der Waals surface area contributed by atoms with Crippen molar-refractivity contribution in [2.75, 3.05) is 6.54 Å². The van der Waals surface area contributed by atoms with Crippen LogP contribution in [0.2, 0.25) is 5.02 Å². The van der Waals surface area contributed by atoms with Gasteiger partial charge in [0, 0.05) is 12.6 Å². The Hall–Kier alpha value is -1.10. The van der Waals surface area contributed by atoms with Crippen LogP contribution >= 0.6 is 27.5 Å². The first-order valence-electron chi connectivity index (χ1n) is 6.22. The van der Waals surface area contributed by atoms with E-state index in [9.17, 15) is 4.39 Å². The van der Waals surface area contributed by atoms with Gasteiger partial charge in [-0.15, -0.1) is 0 Å². The van der Waals surface area contributed by atoms with Crippen LogP contribution < -0.4 is 10.1 Å². The minimum Gasteiger partial charge on any atom is -0.456 e. The topological polar surface area (TPSA) is 21.3 Å². The molecule has 2 aromatic rings. The fourth-order valence-electron chi connectivity index (χ4n) is 1.70. The number of halogens is 3. The minimum absolute atomic E-state index is 0.0603. The van der Waals surface area contributed by atoms with Gasteiger partial charge in [-0.25, -0.2) is 4.39 Å². The lowest BCUT2D eigenvalue weighted by Crippen LogP contribution is -2.11. The first-order valence-corrected chi connectivity index (χ1v) is 7.39. The van der Waals surface area contributed by atoms with Crippen LogP contribution in [0.25, 0.3) is 0 Å². The summed E-state index contributed by atoms with van der Waals surface area (Å²) < 4.78 is 19.8. The van der Waals surface area contributed by atoms with Crippen LogP contribution in [0, 0.1) is 5.82 Å². The van der Waals surface area contributed by atoms with E-state index in [4.69, 9.17) is 16.3 Å². The van der Waals surface area contributed by atoms with Crippen LogP contribution in [0.5, 0.6) is 11.5 Å². The van der Waals surface area contributed by atoms with Gasteiger partial charge in [-0.3, -0.25) is 0 Å². The van der Waals surface area contributed by atoms with Gasteiger partial charge in [0.15, 0.2) is 0 Å². The third kappa shape index (κ3) is 3.95. The highest BCUT2D eigenvalue weighted by atomic mass is 79.9. The Bertz CT molecular complexity index is 606. The molecular weight excluding hydrogens is 345 g/mol. The highest BCUT2D eigenvalue weighted by Crippen LogP contribution is 2.33. The van der Waals surface area contributed by atoms with Crippen molar-refractivity contribution in [1.29, 1.82) is 0 Å². The molecule has 1 N–H and O–H groups in total. The molecule has 5 heteroatoms. The van der Waals surface area contributed by atoms with Gasteiger partial charge >= 0.3 is 0 Å². The lowest BCUT2D eigenvalue weighted by atomic mass is 10.2. The number of rotatable bonds is 5. The number of hydrogen-bond donors (Lipinski definition) is 1. The Balaban J connectivity index is 2.19. The zero-order valence-electron chi connectivity index (χ0n) is 10.9. The molecule has 0 saturated heterocycles. The summed E-state index contributed by atoms with van der Waals surface area (Å²) in [4.78, 5) is 0. The molecule has 0 heterocycles. The predicted octanol–water partition coefficient (Wildman–Crippen LogP) is 5.14. The summed E-state index contributed by atoms with van der Waals surface area (Å²) in [5.41, 5.74) is 1.11. The number of nitrogens with one attached hydrogen (secondary N) is 1. The highest BCUT2D eigenvalue weighted by Gasteiger charge is 2.09. The SMILES string of the molecule is CCNCc1cccc(Oc2cc(F)c(Cl)cc2Br)c1. The van der Waals surface area contributed by atoms with Gasteiger partial charge in [0.1, 0.15) is 17.3 Å². The van der Waals surface area contributed by atoms with Crippen LogP contribution in [-0.2, 0) is 6.54 Å². The largest absolute Gasteiger partial charge is 0.456 e. The fraction of sp³-hybridized carbons (Fsp3) is 0.200. The summed E-state index contributed by atoms with van der Waals surface area (Å²) in [5, 5.41) is 3.30. The van der Waals surface area contributed by atoms with Crippen LogP contribution in [-0.4, -0.2) is 6.54 Å². The van der Waals surface area contributed by atoms with Gasteiger partial charge in [-0.1, -0.05) is 30.7 Å². The lowest BCUT2D eigenvalue weighted by molar-refractivity contribution is 0.472. The third-order valence-electron chi connectivity index (χ3n) is 2.68. The monoisotopic (exact) mass is 357 g/mol. The molecule has 0 radical (unpaired) electrons. The average molecular weight is 359 g/mol. The zero-order chi connectivity index (χ0) is 14.5. The second-order valence-corrected chi connectivity index (χ2v) is 5.49. The minimum atomic E-state index is -0.506. The van der Waals surface area contributed by atoms with E-state index >= 15 is 0 Å². The smallest absolute Gasteiger partial charge is 0.145 e. The van der Waals surface area contributed by atoms with Crippen LogP contribution in [0.1, 0.15) is 12.5 Å². The fourth-order valence-corrected chi connectivity index (χ4v) is 2.42. The molecule has 0 spiro atoms. The predicted molar refractivity (Wildman–Crippen MR) is 83.0 cm³/mol. The molecule has 0 atom stereocenters. The van der Waals surface area contributed by atoms with Gasteiger partial charge in [0.05, 0.1) is 9.50 Å². The van der Waals surface area contributed by atoms with Crippen molar-refractivity contribution < 1.29 is 9.13 Å². The number of benzene rings is 2. The second kappa shape index (κ2) is 7.07. The average Bonchev–Trinajstić information content (AvgIpc) is 2.43. The molecule has 106 valence electrons. The van der Waals surface area contributed by atoms with Crippen LogP contribution in [0.15, 0.2) is 40.9 Å². The Morgan fingerprint density at radius 2 is 2.10 bits per heavy atom. The molecule has 0 fully saturated rings. The summed E-state index contributed by atoms with van der Waals surface area (Å²) in [6.45, 7) is 3.72. The van der Waals surface area contributed by atoms with Gasteiger partial charge in [-0.05, 0) is 46.2 Å². The van der Waals surface area contributed by atoms with Crippen molar-refractivity contribution in [3.05, 3.63) is 57.3 Å². The molecule has 0 unspecified atom stereocenters. The van der Waals surface area contributed by atoms with Crippen molar-refractivity contribution in [3.8, 4) is 11.5 Å². The maximum absolute atomic E-state index is 13.5. The normalized spacial score (nSPS) is 10.6. The molecule has 0 amide bonds. The van der Waals surface area contributed by atoms with Gasteiger partial charge in [0.2, 0.25) is 0 Å². The lowest BCUT2D eigenvalue weighted by Gasteiger charge is -2.10. The molecule has 0 saturated carbocycles. The molecule has 0 aliphatic rings. The Kier molecular flexibility index (Phi) is 5.40. The second-order valence-electron chi connectivity index (χ2n) is 4.23. The van der Waals surface area contributed by atoms with Crippen molar-refractivity contribution >= 4 is 27.5 Å². The zero-order valence-corrected chi connectivity index (χ0v) is 13.3. The van der Waals surface area contributed by atoms with Crippen LogP contribution in [0.4, 0.5) is 4.39 Å². The first-order chi connectivity index (χ1) is 9.60. The van der Waals surface area contributed by atoms with E-state index in [2.05, 4.69) is 21.2 Å². The van der Waals surface area contributed by atoms with Crippen molar-refractivity contribution in [1.82, 2.24) is 5.32 Å². The van der Waals surface area contributed by atoms with E-state index in [0.29, 0.717) is 16.0 Å². The van der Waals surface area contributed by atoms with Gasteiger partial charge in [-0.2, -0.15) is 0 Å². The molecule has 0 aliphatic carbocycles. The first kappa shape index (κ1) is 15.3. The maximum atomic E-state index is 13.5. The quantitative estimate of drug-likeness (QED) is 0.747. The molecular formula is C15H14BrClFNO. The van der Waals surface area contributed by atoms with Crippen molar-refractivity contribution in [2.24, 2.45) is 0 Å². The summed E-state index contributed by atoms with van der Waals surface area (Å²) in [7, 11) is 0. The number of hydrogen-bond acceptors (Lipinski definition) is 2. The van der Waals surface area contributed by atoms with Crippen molar-refractivity contribution in [3.63, 3.8) is 0 Å². The van der Waals surface area contributed by atoms with Crippen molar-refractivity contribution in [2.45, 2.75) is 13.5 Å². The van der Waals surface area contributed by atoms with Gasteiger partial charge < -0.3 is 10.1 Å². The molecule has 2 aromatic carbocycles. The van der Waals surface area contributed by atoms with E-state index in [-0.39, 0.29) is 5.02 Å². The molecule has 2 rings (SSSR count). The summed E-state index contributed by atoms with van der Waals surface area (Å²) in [5.74, 6) is 0.545. The summed E-state index contributed by atoms with van der Waals surface area (Å²) in [6, 6.07) is 10.4. The molecule has 0 bridgehead atoms. The Labute approximate surface area is 131 Å². The van der Waals surface area contributed by atoms with E-state index in [1.807, 2.05) is 31.2 Å². The Morgan fingerprint density at radius 3 is 2.85 bits per heavy atom. The molecule has 0 aliphatic heterocycles. The maximum Gasteiger partial charge on any atom is 0.145 e. The van der Waals surface area contributed by atoms with Crippen LogP contribution in [0.3, 0.4) is 0 Å². The molecule has 0 aromatic heterocycles. The van der Waals surface area contributed by atoms with E-state index < -0.39 is 5.82 Å². The Morgan fingerprint density at radius 1 is 1.30 bits per heavy atom. The van der Waals surface area contributed by atoms with E-state index in [0.717, 1.165) is 18.7 Å². The molecule has 2 nitrogen and oxygen atoms in total. The summed E-state index contributed by atoms with van der Waals surface area (Å²) in [6.07, 6.45) is 0.